The molecule has 0 bridgehead atoms. The number of nitro groups is 1. The molecule has 0 spiro atoms. The summed E-state index contributed by atoms with van der Waals surface area (Å²) in [5.74, 6) is -2.11. The van der Waals surface area contributed by atoms with Gasteiger partial charge in [-0.05, 0) is 32.0 Å². The molecule has 3 rings (SSSR count). The highest BCUT2D eigenvalue weighted by Gasteiger charge is 2.38. The maximum absolute atomic E-state index is 13.3. The molecule has 1 aliphatic heterocycles. The number of carbonyl (C=O) groups is 3. The highest BCUT2D eigenvalue weighted by Crippen LogP contribution is 2.40. The van der Waals surface area contributed by atoms with Crippen LogP contribution in [-0.4, -0.2) is 59.6 Å². The fourth-order valence-electron chi connectivity index (χ4n) is 4.14. The van der Waals surface area contributed by atoms with Crippen molar-refractivity contribution in [3.05, 3.63) is 98.4 Å². The number of nitrogens with one attached hydrogen (secondary N) is 1. The number of nitro benzene ring substituents is 1. The van der Waals surface area contributed by atoms with Crippen LogP contribution in [0, 0.1) is 10.1 Å². The van der Waals surface area contributed by atoms with Crippen LogP contribution < -0.4 is 5.32 Å². The summed E-state index contributed by atoms with van der Waals surface area (Å²) in [6.07, 6.45) is 0. The molecule has 1 atom stereocenters. The summed E-state index contributed by atoms with van der Waals surface area (Å²) in [6.45, 7) is 4.74. The van der Waals surface area contributed by atoms with Crippen LogP contribution in [0.5, 0.6) is 0 Å². The second-order valence-electron chi connectivity index (χ2n) is 8.59. The standard InChI is InChI=1S/C26H29N3O6.CHClO2.ClH/c1-17-22(25(30)34-4)24(20-11-8-12-21(15-20)29(32)33)23(18(2)27-17)26(31)35-14-13-28(3)16-19-9-6-5-7-10-19;2-1(3)4;/h5-12,15,24,27H,13-14,16H2,1-4H3;(H,3,4);1H/t24-;;/m0../s1. The third kappa shape index (κ3) is 9.67. The van der Waals surface area contributed by atoms with Gasteiger partial charge in [-0.3, -0.25) is 15.0 Å². The Morgan fingerprint density at radius 1 is 1.05 bits per heavy atom. The number of non-ortho nitro benzene ring substituents is 1. The Bertz CT molecular complexity index is 1280. The van der Waals surface area contributed by atoms with Gasteiger partial charge in [-0.25, -0.2) is 14.4 Å². The number of hydrogen-bond donors (Lipinski definition) is 2. The first kappa shape index (κ1) is 34.1. The number of dihydropyridines is 1. The molecule has 0 amide bonds. The average Bonchev–Trinajstić information content (AvgIpc) is 2.88. The van der Waals surface area contributed by atoms with Gasteiger partial charge in [0.05, 0.1) is 29.1 Å². The lowest BCUT2D eigenvalue weighted by molar-refractivity contribution is -0.384. The average molecular weight is 596 g/mol. The largest absolute Gasteiger partial charge is 0.469 e. The van der Waals surface area contributed by atoms with E-state index >= 15 is 0 Å². The molecule has 216 valence electrons. The molecule has 0 fully saturated rings. The zero-order valence-electron chi connectivity index (χ0n) is 22.4. The Hall–Kier alpha value is -3.93. The Morgan fingerprint density at radius 2 is 1.62 bits per heavy atom. The molecule has 0 saturated carbocycles. The van der Waals surface area contributed by atoms with E-state index in [9.17, 15) is 19.7 Å². The third-order valence-corrected chi connectivity index (χ3v) is 5.80. The molecule has 1 aliphatic rings. The summed E-state index contributed by atoms with van der Waals surface area (Å²) < 4.78 is 10.6. The van der Waals surface area contributed by atoms with Crippen LogP contribution in [0.4, 0.5) is 10.5 Å². The van der Waals surface area contributed by atoms with Gasteiger partial charge in [-0.1, -0.05) is 42.5 Å². The summed E-state index contributed by atoms with van der Waals surface area (Å²) in [6, 6.07) is 15.8. The number of carbonyl (C=O) groups excluding carboxylic acids is 2. The molecular formula is C27H31Cl2N3O8. The number of carboxylic acid groups (broad SMARTS) is 1. The van der Waals surface area contributed by atoms with E-state index in [2.05, 4.69) is 16.9 Å². The first-order valence-electron chi connectivity index (χ1n) is 11.8. The van der Waals surface area contributed by atoms with Gasteiger partial charge in [0.25, 0.3) is 5.69 Å². The van der Waals surface area contributed by atoms with Crippen LogP contribution in [0.15, 0.2) is 77.1 Å². The predicted molar refractivity (Wildman–Crippen MR) is 151 cm³/mol. The van der Waals surface area contributed by atoms with Crippen molar-refractivity contribution in [3.63, 3.8) is 0 Å². The van der Waals surface area contributed by atoms with Gasteiger partial charge in [0, 0.05) is 48.2 Å². The lowest BCUT2D eigenvalue weighted by atomic mass is 9.80. The number of benzene rings is 2. The van der Waals surface area contributed by atoms with E-state index in [0.29, 0.717) is 30.0 Å². The quantitative estimate of drug-likeness (QED) is 0.175. The monoisotopic (exact) mass is 595 g/mol. The van der Waals surface area contributed by atoms with Gasteiger partial charge < -0.3 is 19.9 Å². The van der Waals surface area contributed by atoms with Crippen LogP contribution in [0.25, 0.3) is 0 Å². The maximum Gasteiger partial charge on any atom is 0.401 e. The van der Waals surface area contributed by atoms with Crippen LogP contribution in [-0.2, 0) is 25.6 Å². The number of nitrogens with zero attached hydrogens (tertiary/aromatic N) is 2. The molecule has 40 heavy (non-hydrogen) atoms. The van der Waals surface area contributed by atoms with E-state index in [4.69, 9.17) is 19.4 Å². The molecule has 13 heteroatoms. The molecule has 0 radical (unpaired) electrons. The van der Waals surface area contributed by atoms with E-state index in [0.717, 1.165) is 5.56 Å². The van der Waals surface area contributed by atoms with E-state index in [1.165, 1.54) is 25.3 Å². The second-order valence-corrected chi connectivity index (χ2v) is 8.91. The van der Waals surface area contributed by atoms with Gasteiger partial charge in [0.2, 0.25) is 0 Å². The van der Waals surface area contributed by atoms with Crippen molar-refractivity contribution in [2.75, 3.05) is 27.3 Å². The van der Waals surface area contributed by atoms with Gasteiger partial charge in [0.15, 0.2) is 0 Å². The lowest BCUT2D eigenvalue weighted by Crippen LogP contribution is -2.33. The van der Waals surface area contributed by atoms with Gasteiger partial charge in [-0.2, -0.15) is 0 Å². The Morgan fingerprint density at radius 3 is 2.17 bits per heavy atom. The minimum absolute atomic E-state index is 0. The Labute approximate surface area is 243 Å². The first-order chi connectivity index (χ1) is 18.5. The molecule has 2 aromatic carbocycles. The molecule has 11 nitrogen and oxygen atoms in total. The number of hydrogen-bond acceptors (Lipinski definition) is 9. The van der Waals surface area contributed by atoms with Crippen molar-refractivity contribution in [1.82, 2.24) is 10.2 Å². The number of allylic oxidation sites excluding steroid dienone is 2. The first-order valence-corrected chi connectivity index (χ1v) is 12.1. The molecule has 0 saturated heterocycles. The van der Waals surface area contributed by atoms with Crippen LogP contribution in [0.3, 0.4) is 0 Å². The van der Waals surface area contributed by atoms with E-state index in [1.54, 1.807) is 19.9 Å². The predicted octanol–water partition coefficient (Wildman–Crippen LogP) is 5.00. The van der Waals surface area contributed by atoms with E-state index in [1.807, 2.05) is 42.3 Å². The third-order valence-electron chi connectivity index (χ3n) is 5.80. The number of likely N-dealkylation sites (N-methyl/N-ethyl adjacent to an activating group) is 1. The van der Waals surface area contributed by atoms with Crippen molar-refractivity contribution in [2.45, 2.75) is 26.3 Å². The molecule has 2 aromatic rings. The van der Waals surface area contributed by atoms with Gasteiger partial charge in [0.1, 0.15) is 6.61 Å². The summed E-state index contributed by atoms with van der Waals surface area (Å²) in [5.41, 5.74) is 1.49. The second kappa shape index (κ2) is 16.2. The number of ether oxygens (including phenoxy) is 2. The van der Waals surface area contributed by atoms with Crippen molar-refractivity contribution in [2.24, 2.45) is 0 Å². The molecular weight excluding hydrogens is 565 g/mol. The normalized spacial score (nSPS) is 14.3. The number of esters is 2. The summed E-state index contributed by atoms with van der Waals surface area (Å²) in [7, 11) is 3.18. The number of halogens is 2. The van der Waals surface area contributed by atoms with Crippen LogP contribution in [0.2, 0.25) is 0 Å². The van der Waals surface area contributed by atoms with E-state index < -0.39 is 28.2 Å². The van der Waals surface area contributed by atoms with Crippen LogP contribution >= 0.6 is 24.0 Å². The molecule has 0 unspecified atom stereocenters. The summed E-state index contributed by atoms with van der Waals surface area (Å²) in [4.78, 5) is 47.6. The Balaban J connectivity index is 0.00000150. The highest BCUT2D eigenvalue weighted by molar-refractivity contribution is 6.60. The summed E-state index contributed by atoms with van der Waals surface area (Å²) in [5, 5.41) is 21.6. The Kier molecular flexibility index (Phi) is 13.8. The minimum atomic E-state index is -1.36. The molecule has 0 aromatic heterocycles. The minimum Gasteiger partial charge on any atom is -0.469 e. The fourth-order valence-corrected chi connectivity index (χ4v) is 4.14. The van der Waals surface area contributed by atoms with E-state index in [-0.39, 0.29) is 35.8 Å². The van der Waals surface area contributed by atoms with Gasteiger partial charge in [-0.15, -0.1) is 12.4 Å². The molecule has 2 N–H and O–H groups in total. The maximum atomic E-state index is 13.3. The highest BCUT2D eigenvalue weighted by atomic mass is 35.5. The smallest absolute Gasteiger partial charge is 0.401 e. The zero-order valence-corrected chi connectivity index (χ0v) is 24.0. The van der Waals surface area contributed by atoms with Crippen molar-refractivity contribution in [3.8, 4) is 0 Å². The summed E-state index contributed by atoms with van der Waals surface area (Å²) >= 11 is 4.19. The molecule has 0 aliphatic carbocycles. The molecule has 1 heterocycles. The topological polar surface area (TPSA) is 148 Å². The van der Waals surface area contributed by atoms with Gasteiger partial charge >= 0.3 is 17.4 Å². The number of methoxy groups -OCH3 is 1. The SMILES string of the molecule is COC(=O)C1=C(C)NC(C)=C(C(=O)OCCN(C)Cc2ccccc2)[C@H]1c1cccc([N+](=O)[O-])c1.Cl.O=C(O)Cl. The van der Waals surface area contributed by atoms with Crippen LogP contribution in [0.1, 0.15) is 30.9 Å². The fraction of sp³-hybridized carbons (Fsp3) is 0.296. The zero-order chi connectivity index (χ0) is 29.1. The van der Waals surface area contributed by atoms with Crippen molar-refractivity contribution in [1.29, 1.82) is 0 Å². The van der Waals surface area contributed by atoms with Crippen molar-refractivity contribution < 1.29 is 33.9 Å². The lowest BCUT2D eigenvalue weighted by Gasteiger charge is -2.30. The van der Waals surface area contributed by atoms with Crippen molar-refractivity contribution >= 4 is 47.1 Å². The number of rotatable bonds is 9.